The van der Waals surface area contributed by atoms with Gasteiger partial charge in [0.15, 0.2) is 0 Å². The highest BCUT2D eigenvalue weighted by Gasteiger charge is 2.34. The molecule has 0 amide bonds. The number of ether oxygens (including phenoxy) is 1. The van der Waals surface area contributed by atoms with E-state index in [2.05, 4.69) is 32.9 Å². The smallest absolute Gasteiger partial charge is 0.0828 e. The molecule has 2 fully saturated rings. The zero-order chi connectivity index (χ0) is 11.5. The van der Waals surface area contributed by atoms with Crippen LogP contribution in [0, 0.1) is 0 Å². The minimum absolute atomic E-state index is 0.328. The average molecular weight is 234 g/mol. The molecule has 0 aromatic carbocycles. The number of hydrogen-bond acceptors (Lipinski definition) is 5. The van der Waals surface area contributed by atoms with Crippen LogP contribution in [0.1, 0.15) is 11.6 Å². The van der Waals surface area contributed by atoms with E-state index in [0.717, 1.165) is 38.5 Å². The van der Waals surface area contributed by atoms with Crippen molar-refractivity contribution < 1.29 is 4.74 Å². The first-order valence-corrected chi connectivity index (χ1v) is 6.16. The largest absolute Gasteiger partial charge is 0.379 e. The van der Waals surface area contributed by atoms with Gasteiger partial charge in [0.1, 0.15) is 0 Å². The van der Waals surface area contributed by atoms with Crippen LogP contribution < -0.4 is 10.9 Å². The van der Waals surface area contributed by atoms with Gasteiger partial charge in [-0.25, -0.2) is 5.43 Å². The third kappa shape index (κ3) is 2.32. The molecule has 5 nitrogen and oxygen atoms in total. The van der Waals surface area contributed by atoms with Gasteiger partial charge in [-0.15, -0.1) is 0 Å². The van der Waals surface area contributed by atoms with Gasteiger partial charge in [-0.1, -0.05) is 6.07 Å². The summed E-state index contributed by atoms with van der Waals surface area (Å²) in [6, 6.07) is 6.12. The van der Waals surface area contributed by atoms with E-state index in [1.807, 2.05) is 12.3 Å². The minimum Gasteiger partial charge on any atom is -0.379 e. The second-order valence-electron chi connectivity index (χ2n) is 4.48. The predicted octanol–water partition coefficient (Wildman–Crippen LogP) is -0.0687. The molecular weight excluding hydrogens is 216 g/mol. The van der Waals surface area contributed by atoms with Crippen LogP contribution >= 0.6 is 0 Å². The maximum Gasteiger partial charge on any atom is 0.0828 e. The molecule has 2 unspecified atom stereocenters. The van der Waals surface area contributed by atoms with Crippen molar-refractivity contribution in [3.8, 4) is 0 Å². The maximum absolute atomic E-state index is 5.39. The number of nitrogens with one attached hydrogen (secondary N) is 2. The topological polar surface area (TPSA) is 49.4 Å². The van der Waals surface area contributed by atoms with E-state index in [0.29, 0.717) is 12.1 Å². The third-order valence-electron chi connectivity index (χ3n) is 3.46. The fourth-order valence-electron chi connectivity index (χ4n) is 2.55. The lowest BCUT2D eigenvalue weighted by atomic mass is 10.0. The Morgan fingerprint density at radius 3 is 2.94 bits per heavy atom. The Balaban J connectivity index is 1.75. The molecule has 0 radical (unpaired) electrons. The zero-order valence-electron chi connectivity index (χ0n) is 9.80. The van der Waals surface area contributed by atoms with Gasteiger partial charge in [-0.05, 0) is 12.1 Å². The predicted molar refractivity (Wildman–Crippen MR) is 64.3 cm³/mol. The van der Waals surface area contributed by atoms with Crippen molar-refractivity contribution in [3.63, 3.8) is 0 Å². The summed E-state index contributed by atoms with van der Waals surface area (Å²) in [7, 11) is 0. The lowest BCUT2D eigenvalue weighted by Crippen LogP contribution is -2.51. The molecule has 0 aliphatic carbocycles. The minimum atomic E-state index is 0.328. The van der Waals surface area contributed by atoms with Crippen molar-refractivity contribution in [1.29, 1.82) is 0 Å². The van der Waals surface area contributed by atoms with Crippen molar-refractivity contribution in [3.05, 3.63) is 30.1 Å². The number of pyridine rings is 1. The number of rotatable bonds is 2. The van der Waals surface area contributed by atoms with Gasteiger partial charge < -0.3 is 4.74 Å². The van der Waals surface area contributed by atoms with Crippen LogP contribution in [0.4, 0.5) is 0 Å². The monoisotopic (exact) mass is 234 g/mol. The lowest BCUT2D eigenvalue weighted by molar-refractivity contribution is 0.00838. The van der Waals surface area contributed by atoms with Crippen LogP contribution in [0.25, 0.3) is 0 Å². The molecule has 2 atom stereocenters. The molecule has 1 aromatic rings. The van der Waals surface area contributed by atoms with Crippen molar-refractivity contribution in [2.45, 2.75) is 12.1 Å². The Kier molecular flexibility index (Phi) is 3.33. The Labute approximate surface area is 101 Å². The molecule has 2 N–H and O–H groups in total. The molecule has 0 bridgehead atoms. The molecule has 3 heterocycles. The van der Waals surface area contributed by atoms with Crippen LogP contribution in [-0.2, 0) is 4.74 Å². The molecule has 2 aliphatic heterocycles. The van der Waals surface area contributed by atoms with Crippen molar-refractivity contribution in [1.82, 2.24) is 20.7 Å². The van der Waals surface area contributed by atoms with E-state index in [1.165, 1.54) is 0 Å². The van der Waals surface area contributed by atoms with Gasteiger partial charge >= 0.3 is 0 Å². The number of hydrogen-bond donors (Lipinski definition) is 2. The standard InChI is InChI=1S/C12H18N4O/c1-2-4-13-11(3-1)10-9-14-15-12(10)16-5-7-17-8-6-16/h1-4,10,12,14-15H,5-9H2. The first-order valence-electron chi connectivity index (χ1n) is 6.16. The molecule has 0 saturated carbocycles. The SMILES string of the molecule is c1ccc(C2CNNC2N2CCOCC2)nc1. The highest BCUT2D eigenvalue weighted by atomic mass is 16.5. The number of hydrazine groups is 1. The van der Waals surface area contributed by atoms with Gasteiger partial charge in [-0.2, -0.15) is 0 Å². The van der Waals surface area contributed by atoms with Gasteiger partial charge in [0.25, 0.3) is 0 Å². The molecular formula is C12H18N4O. The first kappa shape index (κ1) is 11.1. The van der Waals surface area contributed by atoms with Gasteiger partial charge in [0.05, 0.1) is 19.4 Å². The molecule has 92 valence electrons. The van der Waals surface area contributed by atoms with Crippen LogP contribution in [-0.4, -0.2) is 48.9 Å². The highest BCUT2D eigenvalue weighted by molar-refractivity contribution is 5.14. The second kappa shape index (κ2) is 5.10. The van der Waals surface area contributed by atoms with E-state index >= 15 is 0 Å². The quantitative estimate of drug-likeness (QED) is 0.750. The molecule has 17 heavy (non-hydrogen) atoms. The van der Waals surface area contributed by atoms with Crippen molar-refractivity contribution in [2.24, 2.45) is 0 Å². The summed E-state index contributed by atoms with van der Waals surface area (Å²) in [6.07, 6.45) is 2.19. The number of morpholine rings is 1. The molecule has 1 aromatic heterocycles. The summed E-state index contributed by atoms with van der Waals surface area (Å²) >= 11 is 0. The van der Waals surface area contributed by atoms with Crippen LogP contribution in [0.3, 0.4) is 0 Å². The van der Waals surface area contributed by atoms with E-state index in [4.69, 9.17) is 4.74 Å². The Hall–Kier alpha value is -1.01. The third-order valence-corrected chi connectivity index (χ3v) is 3.46. The fourth-order valence-corrected chi connectivity index (χ4v) is 2.55. The zero-order valence-corrected chi connectivity index (χ0v) is 9.80. The average Bonchev–Trinajstić information content (AvgIpc) is 2.90. The van der Waals surface area contributed by atoms with Crippen LogP contribution in [0.5, 0.6) is 0 Å². The van der Waals surface area contributed by atoms with E-state index in [9.17, 15) is 0 Å². The summed E-state index contributed by atoms with van der Waals surface area (Å²) in [4.78, 5) is 6.90. The summed E-state index contributed by atoms with van der Waals surface area (Å²) in [6.45, 7) is 4.56. The van der Waals surface area contributed by atoms with Crippen molar-refractivity contribution >= 4 is 0 Å². The number of aromatic nitrogens is 1. The summed E-state index contributed by atoms with van der Waals surface area (Å²) in [5.74, 6) is 0.411. The number of nitrogens with zero attached hydrogens (tertiary/aromatic N) is 2. The summed E-state index contributed by atoms with van der Waals surface area (Å²) in [5, 5.41) is 0. The highest BCUT2D eigenvalue weighted by Crippen LogP contribution is 2.23. The normalized spacial score (nSPS) is 30.6. The molecule has 2 aliphatic rings. The molecule has 5 heteroatoms. The summed E-state index contributed by atoms with van der Waals surface area (Å²) in [5.41, 5.74) is 7.76. The fraction of sp³-hybridized carbons (Fsp3) is 0.583. The lowest BCUT2D eigenvalue weighted by Gasteiger charge is -2.34. The van der Waals surface area contributed by atoms with Crippen LogP contribution in [0.2, 0.25) is 0 Å². The van der Waals surface area contributed by atoms with Gasteiger partial charge in [0.2, 0.25) is 0 Å². The molecule has 3 rings (SSSR count). The van der Waals surface area contributed by atoms with Gasteiger partial charge in [-0.3, -0.25) is 15.3 Å². The Morgan fingerprint density at radius 2 is 2.18 bits per heavy atom. The van der Waals surface area contributed by atoms with E-state index < -0.39 is 0 Å². The van der Waals surface area contributed by atoms with E-state index in [-0.39, 0.29) is 0 Å². The second-order valence-corrected chi connectivity index (χ2v) is 4.48. The Bertz CT molecular complexity index is 353. The summed E-state index contributed by atoms with van der Waals surface area (Å²) < 4.78 is 5.39. The maximum atomic E-state index is 5.39. The van der Waals surface area contributed by atoms with E-state index in [1.54, 1.807) is 0 Å². The van der Waals surface area contributed by atoms with Gasteiger partial charge in [0, 0.05) is 37.4 Å². The molecule has 2 saturated heterocycles. The molecule has 0 spiro atoms. The first-order chi connectivity index (χ1) is 8.45. The van der Waals surface area contributed by atoms with Crippen molar-refractivity contribution in [2.75, 3.05) is 32.8 Å². The van der Waals surface area contributed by atoms with Crippen LogP contribution in [0.15, 0.2) is 24.4 Å². The Morgan fingerprint density at radius 1 is 1.29 bits per heavy atom.